The predicted octanol–water partition coefficient (Wildman–Crippen LogP) is 4.26. The number of anilines is 1. The summed E-state index contributed by atoms with van der Waals surface area (Å²) in [6, 6.07) is 6.53. The number of hydrogen-bond acceptors (Lipinski definition) is 5. The maximum Gasteiger partial charge on any atom is 0.228 e. The fourth-order valence-corrected chi connectivity index (χ4v) is 2.99. The first-order valence-electron chi connectivity index (χ1n) is 6.92. The Morgan fingerprint density at radius 1 is 1.10 bits per heavy atom. The Morgan fingerprint density at radius 2 is 1.81 bits per heavy atom. The molecular formula is C15H19ClN4S. The van der Waals surface area contributed by atoms with E-state index in [1.807, 2.05) is 0 Å². The van der Waals surface area contributed by atoms with Crippen molar-refractivity contribution in [2.45, 2.75) is 38.1 Å². The van der Waals surface area contributed by atoms with Gasteiger partial charge >= 0.3 is 0 Å². The second-order valence-electron chi connectivity index (χ2n) is 4.92. The molecule has 6 heteroatoms. The lowest BCUT2D eigenvalue weighted by Crippen LogP contribution is -2.06. The lowest BCUT2D eigenvalue weighted by atomic mass is 10.1. The van der Waals surface area contributed by atoms with E-state index < -0.39 is 0 Å². The fraction of sp³-hybridized carbons (Fsp3) is 0.400. The monoisotopic (exact) mass is 322 g/mol. The summed E-state index contributed by atoms with van der Waals surface area (Å²) in [6.07, 6.45) is 1.01. The highest BCUT2D eigenvalue weighted by atomic mass is 35.5. The number of aromatic nitrogens is 3. The molecule has 4 nitrogen and oxygen atoms in total. The Bertz CT molecular complexity index is 598. The minimum absolute atomic E-state index is 0.228. The lowest BCUT2D eigenvalue weighted by Gasteiger charge is -2.07. The molecule has 0 spiro atoms. The van der Waals surface area contributed by atoms with E-state index >= 15 is 0 Å². The minimum Gasteiger partial charge on any atom is -0.354 e. The van der Waals surface area contributed by atoms with E-state index in [9.17, 15) is 0 Å². The molecule has 0 radical (unpaired) electrons. The van der Waals surface area contributed by atoms with Crippen LogP contribution in [0, 0.1) is 13.8 Å². The normalized spacial score (nSPS) is 10.7. The third-order valence-electron chi connectivity index (χ3n) is 2.77. The molecule has 0 bridgehead atoms. The van der Waals surface area contributed by atoms with Crippen molar-refractivity contribution in [3.05, 3.63) is 40.2 Å². The average Bonchev–Trinajstić information content (AvgIpc) is 2.41. The molecular weight excluding hydrogens is 304 g/mol. The second kappa shape index (κ2) is 7.61. The van der Waals surface area contributed by atoms with Gasteiger partial charge in [-0.2, -0.15) is 15.0 Å². The first-order chi connectivity index (χ1) is 10.1. The average molecular weight is 323 g/mol. The Morgan fingerprint density at radius 3 is 2.48 bits per heavy atom. The van der Waals surface area contributed by atoms with Gasteiger partial charge in [0, 0.05) is 12.3 Å². The smallest absolute Gasteiger partial charge is 0.228 e. The maximum absolute atomic E-state index is 5.95. The van der Waals surface area contributed by atoms with E-state index in [0.29, 0.717) is 11.1 Å². The molecule has 1 aromatic carbocycles. The molecule has 2 rings (SSSR count). The topological polar surface area (TPSA) is 50.7 Å². The summed E-state index contributed by atoms with van der Waals surface area (Å²) in [7, 11) is 0. The summed E-state index contributed by atoms with van der Waals surface area (Å²) >= 11 is 7.51. The molecule has 0 saturated heterocycles. The molecule has 0 aliphatic carbocycles. The Balaban J connectivity index is 2.06. The van der Waals surface area contributed by atoms with Gasteiger partial charge in [-0.1, -0.05) is 48.0 Å². The zero-order chi connectivity index (χ0) is 15.2. The van der Waals surface area contributed by atoms with Gasteiger partial charge < -0.3 is 5.32 Å². The van der Waals surface area contributed by atoms with Gasteiger partial charge in [-0.05, 0) is 37.4 Å². The summed E-state index contributed by atoms with van der Waals surface area (Å²) in [5, 5.41) is 4.01. The number of aryl methyl sites for hydroxylation is 2. The van der Waals surface area contributed by atoms with E-state index in [0.717, 1.165) is 18.7 Å². The first kappa shape index (κ1) is 16.0. The number of thioether (sulfide) groups is 1. The van der Waals surface area contributed by atoms with Crippen molar-refractivity contribution < 1.29 is 0 Å². The number of halogens is 1. The molecule has 1 aromatic heterocycles. The molecule has 0 fully saturated rings. The van der Waals surface area contributed by atoms with Gasteiger partial charge in [0.25, 0.3) is 0 Å². The number of benzene rings is 1. The van der Waals surface area contributed by atoms with Crippen LogP contribution < -0.4 is 5.32 Å². The standard InChI is InChI=1S/C15H19ClN4S/c1-4-5-17-14-18-13(16)19-15(20-14)21-9-12-7-10(2)6-11(3)8-12/h6-8H,4-5,9H2,1-3H3,(H,17,18,19,20). The van der Waals surface area contributed by atoms with Crippen molar-refractivity contribution in [1.29, 1.82) is 0 Å². The van der Waals surface area contributed by atoms with Crippen LogP contribution in [-0.2, 0) is 5.75 Å². The van der Waals surface area contributed by atoms with Gasteiger partial charge in [0.15, 0.2) is 5.16 Å². The fourth-order valence-electron chi connectivity index (χ4n) is 2.01. The highest BCUT2D eigenvalue weighted by molar-refractivity contribution is 7.98. The lowest BCUT2D eigenvalue weighted by molar-refractivity contribution is 0.877. The van der Waals surface area contributed by atoms with Crippen LogP contribution in [0.15, 0.2) is 23.4 Å². The molecule has 0 aliphatic heterocycles. The van der Waals surface area contributed by atoms with Crippen LogP contribution in [0.5, 0.6) is 0 Å². The quantitative estimate of drug-likeness (QED) is 0.805. The number of nitrogens with zero attached hydrogens (tertiary/aromatic N) is 3. The molecule has 0 unspecified atom stereocenters. The summed E-state index contributed by atoms with van der Waals surface area (Å²) < 4.78 is 0. The van der Waals surface area contributed by atoms with Gasteiger partial charge in [-0.15, -0.1) is 0 Å². The second-order valence-corrected chi connectivity index (χ2v) is 6.20. The third kappa shape index (κ3) is 5.17. The van der Waals surface area contributed by atoms with Crippen LogP contribution in [0.25, 0.3) is 0 Å². The van der Waals surface area contributed by atoms with E-state index in [4.69, 9.17) is 11.6 Å². The van der Waals surface area contributed by atoms with Crippen LogP contribution in [-0.4, -0.2) is 21.5 Å². The summed E-state index contributed by atoms with van der Waals surface area (Å²) in [5.74, 6) is 1.36. The van der Waals surface area contributed by atoms with Gasteiger partial charge in [0.2, 0.25) is 11.2 Å². The Labute approximate surface area is 134 Å². The largest absolute Gasteiger partial charge is 0.354 e. The molecule has 2 aromatic rings. The van der Waals surface area contributed by atoms with E-state index in [-0.39, 0.29) is 5.28 Å². The summed E-state index contributed by atoms with van der Waals surface area (Å²) in [6.45, 7) is 7.12. The molecule has 0 amide bonds. The SMILES string of the molecule is CCCNc1nc(Cl)nc(SCc2cc(C)cc(C)c2)n1. The maximum atomic E-state index is 5.95. The molecule has 1 heterocycles. The minimum atomic E-state index is 0.228. The van der Waals surface area contributed by atoms with Gasteiger partial charge in [0.1, 0.15) is 0 Å². The van der Waals surface area contributed by atoms with Crippen LogP contribution in [0.1, 0.15) is 30.0 Å². The first-order valence-corrected chi connectivity index (χ1v) is 8.28. The van der Waals surface area contributed by atoms with Crippen molar-refractivity contribution >= 4 is 29.3 Å². The van der Waals surface area contributed by atoms with Gasteiger partial charge in [0.05, 0.1) is 0 Å². The number of nitrogens with one attached hydrogen (secondary N) is 1. The zero-order valence-electron chi connectivity index (χ0n) is 12.5. The molecule has 112 valence electrons. The number of hydrogen-bond donors (Lipinski definition) is 1. The van der Waals surface area contributed by atoms with Crippen molar-refractivity contribution in [1.82, 2.24) is 15.0 Å². The highest BCUT2D eigenvalue weighted by Gasteiger charge is 2.06. The summed E-state index contributed by atoms with van der Waals surface area (Å²) in [4.78, 5) is 12.6. The molecule has 0 atom stereocenters. The van der Waals surface area contributed by atoms with Crippen molar-refractivity contribution in [3.8, 4) is 0 Å². The summed E-state index contributed by atoms with van der Waals surface area (Å²) in [5.41, 5.74) is 3.80. The van der Waals surface area contributed by atoms with E-state index in [1.165, 1.54) is 16.7 Å². The molecule has 0 saturated carbocycles. The highest BCUT2D eigenvalue weighted by Crippen LogP contribution is 2.22. The van der Waals surface area contributed by atoms with Gasteiger partial charge in [-0.25, -0.2) is 0 Å². The molecule has 1 N–H and O–H groups in total. The Hall–Kier alpha value is -1.33. The van der Waals surface area contributed by atoms with Crippen LogP contribution in [0.3, 0.4) is 0 Å². The Kier molecular flexibility index (Phi) is 5.82. The number of rotatable bonds is 6. The van der Waals surface area contributed by atoms with Crippen LogP contribution >= 0.6 is 23.4 Å². The van der Waals surface area contributed by atoms with Crippen molar-refractivity contribution in [3.63, 3.8) is 0 Å². The van der Waals surface area contributed by atoms with Gasteiger partial charge in [-0.3, -0.25) is 0 Å². The van der Waals surface area contributed by atoms with E-state index in [1.54, 1.807) is 11.8 Å². The zero-order valence-corrected chi connectivity index (χ0v) is 14.1. The van der Waals surface area contributed by atoms with Crippen molar-refractivity contribution in [2.75, 3.05) is 11.9 Å². The predicted molar refractivity (Wildman–Crippen MR) is 89.1 cm³/mol. The molecule has 21 heavy (non-hydrogen) atoms. The van der Waals surface area contributed by atoms with Crippen LogP contribution in [0.4, 0.5) is 5.95 Å². The molecule has 0 aliphatic rings. The van der Waals surface area contributed by atoms with Crippen LogP contribution in [0.2, 0.25) is 5.28 Å². The van der Waals surface area contributed by atoms with Crippen molar-refractivity contribution in [2.24, 2.45) is 0 Å². The van der Waals surface area contributed by atoms with E-state index in [2.05, 4.69) is 59.2 Å². The third-order valence-corrected chi connectivity index (χ3v) is 3.86.